The molecule has 0 aliphatic carbocycles. The molecule has 2 aromatic heterocycles. The van der Waals surface area contributed by atoms with Gasteiger partial charge in [-0.05, 0) is 43.2 Å². The Hall–Kier alpha value is -3.58. The standard InChI is InChI=1S/C27H27N3O3S/c1-2-33-27(32)21(16-20-10-4-3-5-11-20)17-28-26(31)23-12-6-7-13-24(23)34-19-22-18-30-15-9-8-14-25(30)29-22/h3-15,18,21H,2,16-17,19H2,1H3,(H,28,31). The monoisotopic (exact) mass is 473 g/mol. The summed E-state index contributed by atoms with van der Waals surface area (Å²) in [4.78, 5) is 31.1. The van der Waals surface area contributed by atoms with Crippen LogP contribution in [0.15, 0.2) is 90.1 Å². The molecule has 6 nitrogen and oxygen atoms in total. The molecule has 0 saturated carbocycles. The Labute approximate surface area is 203 Å². The van der Waals surface area contributed by atoms with Crippen molar-refractivity contribution in [1.29, 1.82) is 0 Å². The summed E-state index contributed by atoms with van der Waals surface area (Å²) < 4.78 is 7.23. The van der Waals surface area contributed by atoms with Gasteiger partial charge in [-0.25, -0.2) is 4.98 Å². The van der Waals surface area contributed by atoms with E-state index in [1.165, 1.54) is 0 Å². The second-order valence-electron chi connectivity index (χ2n) is 7.83. The average Bonchev–Trinajstić information content (AvgIpc) is 3.29. The largest absolute Gasteiger partial charge is 0.466 e. The Morgan fingerprint density at radius 1 is 1.03 bits per heavy atom. The lowest BCUT2D eigenvalue weighted by Crippen LogP contribution is -2.35. The summed E-state index contributed by atoms with van der Waals surface area (Å²) >= 11 is 1.57. The summed E-state index contributed by atoms with van der Waals surface area (Å²) in [6, 6.07) is 23.1. The summed E-state index contributed by atoms with van der Waals surface area (Å²) in [5.41, 5.74) is 3.45. The van der Waals surface area contributed by atoms with Gasteiger partial charge in [-0.15, -0.1) is 11.8 Å². The van der Waals surface area contributed by atoms with Gasteiger partial charge < -0.3 is 14.5 Å². The van der Waals surface area contributed by atoms with Gasteiger partial charge in [0.1, 0.15) is 5.65 Å². The maximum atomic E-state index is 13.1. The summed E-state index contributed by atoms with van der Waals surface area (Å²) in [5, 5.41) is 2.95. The minimum Gasteiger partial charge on any atom is -0.466 e. The number of fused-ring (bicyclic) bond motifs is 1. The van der Waals surface area contributed by atoms with E-state index in [1.54, 1.807) is 24.8 Å². The number of ether oxygens (including phenoxy) is 1. The number of hydrogen-bond acceptors (Lipinski definition) is 5. The number of pyridine rings is 1. The van der Waals surface area contributed by atoms with Crippen LogP contribution in [0.2, 0.25) is 0 Å². The first-order valence-electron chi connectivity index (χ1n) is 11.3. The van der Waals surface area contributed by atoms with Crippen LogP contribution < -0.4 is 5.32 Å². The number of imidazole rings is 1. The highest BCUT2D eigenvalue weighted by molar-refractivity contribution is 7.98. The fourth-order valence-corrected chi connectivity index (χ4v) is 4.63. The third-order valence-corrected chi connectivity index (χ3v) is 6.48. The zero-order valence-electron chi connectivity index (χ0n) is 19.0. The van der Waals surface area contributed by atoms with E-state index in [1.807, 2.05) is 83.5 Å². The van der Waals surface area contributed by atoms with Gasteiger partial charge in [-0.3, -0.25) is 9.59 Å². The highest BCUT2D eigenvalue weighted by Crippen LogP contribution is 2.26. The topological polar surface area (TPSA) is 72.7 Å². The molecule has 2 aromatic carbocycles. The quantitative estimate of drug-likeness (QED) is 0.265. The van der Waals surface area contributed by atoms with Gasteiger partial charge in [0, 0.05) is 29.6 Å². The Morgan fingerprint density at radius 3 is 2.59 bits per heavy atom. The first kappa shape index (κ1) is 23.6. The molecule has 0 radical (unpaired) electrons. The molecule has 1 amide bonds. The molecular weight excluding hydrogens is 446 g/mol. The molecule has 4 aromatic rings. The third-order valence-electron chi connectivity index (χ3n) is 5.37. The first-order chi connectivity index (χ1) is 16.6. The van der Waals surface area contributed by atoms with Gasteiger partial charge in [0.25, 0.3) is 5.91 Å². The highest BCUT2D eigenvalue weighted by atomic mass is 32.2. The van der Waals surface area contributed by atoms with Crippen molar-refractivity contribution in [2.45, 2.75) is 24.0 Å². The first-order valence-corrected chi connectivity index (χ1v) is 12.3. The van der Waals surface area contributed by atoms with E-state index in [4.69, 9.17) is 4.74 Å². The summed E-state index contributed by atoms with van der Waals surface area (Å²) in [7, 11) is 0. The van der Waals surface area contributed by atoms with E-state index >= 15 is 0 Å². The van der Waals surface area contributed by atoms with E-state index in [-0.39, 0.29) is 18.4 Å². The number of esters is 1. The van der Waals surface area contributed by atoms with Gasteiger partial charge in [0.2, 0.25) is 0 Å². The summed E-state index contributed by atoms with van der Waals surface area (Å²) in [5.74, 6) is -0.323. The predicted molar refractivity (Wildman–Crippen MR) is 134 cm³/mol. The van der Waals surface area contributed by atoms with Gasteiger partial charge in [0.05, 0.1) is 23.8 Å². The molecule has 0 aliphatic heterocycles. The molecule has 174 valence electrons. The fourth-order valence-electron chi connectivity index (χ4n) is 3.70. The van der Waals surface area contributed by atoms with Crippen LogP contribution in [0.4, 0.5) is 0 Å². The van der Waals surface area contributed by atoms with Crippen LogP contribution in [0.3, 0.4) is 0 Å². The van der Waals surface area contributed by atoms with Gasteiger partial charge in [-0.2, -0.15) is 0 Å². The Kier molecular flexibility index (Phi) is 7.99. The van der Waals surface area contributed by atoms with Crippen molar-refractivity contribution >= 4 is 29.3 Å². The van der Waals surface area contributed by atoms with Crippen LogP contribution in [0, 0.1) is 5.92 Å². The van der Waals surface area contributed by atoms with Crippen LogP contribution in [-0.4, -0.2) is 34.4 Å². The van der Waals surface area contributed by atoms with E-state index in [2.05, 4.69) is 10.3 Å². The molecule has 7 heteroatoms. The highest BCUT2D eigenvalue weighted by Gasteiger charge is 2.22. The normalized spacial score (nSPS) is 11.8. The lowest BCUT2D eigenvalue weighted by Gasteiger charge is -2.17. The number of nitrogens with zero attached hydrogens (tertiary/aromatic N) is 2. The number of rotatable bonds is 10. The minimum absolute atomic E-state index is 0.206. The molecule has 1 unspecified atom stereocenters. The van der Waals surface area contributed by atoms with Gasteiger partial charge in [0.15, 0.2) is 0 Å². The van der Waals surface area contributed by atoms with Crippen molar-refractivity contribution in [2.75, 3.05) is 13.2 Å². The lowest BCUT2D eigenvalue weighted by molar-refractivity contribution is -0.147. The van der Waals surface area contributed by atoms with Gasteiger partial charge in [-0.1, -0.05) is 48.5 Å². The molecule has 0 spiro atoms. The van der Waals surface area contributed by atoms with E-state index < -0.39 is 5.92 Å². The minimum atomic E-state index is -0.455. The second-order valence-corrected chi connectivity index (χ2v) is 8.85. The number of amides is 1. The van der Waals surface area contributed by atoms with Crippen molar-refractivity contribution in [3.8, 4) is 0 Å². The average molecular weight is 474 g/mol. The number of carbonyl (C=O) groups is 2. The molecule has 34 heavy (non-hydrogen) atoms. The number of thioether (sulfide) groups is 1. The second kappa shape index (κ2) is 11.5. The Bertz CT molecular complexity index is 1220. The molecule has 2 heterocycles. The van der Waals surface area contributed by atoms with Crippen molar-refractivity contribution in [2.24, 2.45) is 5.92 Å². The van der Waals surface area contributed by atoms with Crippen LogP contribution in [0.25, 0.3) is 5.65 Å². The van der Waals surface area contributed by atoms with E-state index in [9.17, 15) is 9.59 Å². The van der Waals surface area contributed by atoms with E-state index in [0.717, 1.165) is 21.8 Å². The molecule has 4 rings (SSSR count). The van der Waals surface area contributed by atoms with E-state index in [0.29, 0.717) is 24.3 Å². The summed E-state index contributed by atoms with van der Waals surface area (Å²) in [6.07, 6.45) is 4.47. The number of benzene rings is 2. The maximum Gasteiger partial charge on any atom is 0.311 e. The SMILES string of the molecule is CCOC(=O)C(CNC(=O)c1ccccc1SCc1cn2ccccc2n1)Cc1ccccc1. The van der Waals surface area contributed by atoms with Crippen LogP contribution in [-0.2, 0) is 21.7 Å². The van der Waals surface area contributed by atoms with Crippen LogP contribution in [0.1, 0.15) is 28.5 Å². The van der Waals surface area contributed by atoms with Gasteiger partial charge >= 0.3 is 5.97 Å². The Balaban J connectivity index is 1.42. The van der Waals surface area contributed by atoms with Crippen molar-refractivity contribution in [1.82, 2.24) is 14.7 Å². The fraction of sp³-hybridized carbons (Fsp3) is 0.222. The summed E-state index contributed by atoms with van der Waals surface area (Å²) in [6.45, 7) is 2.30. The molecule has 0 aliphatic rings. The number of carbonyl (C=O) groups excluding carboxylic acids is 2. The number of hydrogen-bond donors (Lipinski definition) is 1. The number of aromatic nitrogens is 2. The molecule has 0 bridgehead atoms. The zero-order chi connectivity index (χ0) is 23.8. The van der Waals surface area contributed by atoms with Crippen LogP contribution >= 0.6 is 11.8 Å². The lowest BCUT2D eigenvalue weighted by atomic mass is 9.99. The maximum absolute atomic E-state index is 13.1. The van der Waals surface area contributed by atoms with Crippen LogP contribution in [0.5, 0.6) is 0 Å². The molecular formula is C27H27N3O3S. The van der Waals surface area contributed by atoms with Crippen molar-refractivity contribution in [3.05, 3.63) is 102 Å². The number of nitrogens with one attached hydrogen (secondary N) is 1. The third kappa shape index (κ3) is 6.05. The molecule has 1 N–H and O–H groups in total. The Morgan fingerprint density at radius 2 is 1.79 bits per heavy atom. The predicted octanol–water partition coefficient (Wildman–Crippen LogP) is 4.78. The zero-order valence-corrected chi connectivity index (χ0v) is 19.8. The molecule has 1 atom stereocenters. The molecule has 0 fully saturated rings. The van der Waals surface area contributed by atoms with Crippen molar-refractivity contribution < 1.29 is 14.3 Å². The molecule has 0 saturated heterocycles. The smallest absolute Gasteiger partial charge is 0.311 e. The van der Waals surface area contributed by atoms with Crippen molar-refractivity contribution in [3.63, 3.8) is 0 Å².